The lowest BCUT2D eigenvalue weighted by molar-refractivity contribution is 0.627. The van der Waals surface area contributed by atoms with E-state index in [0.29, 0.717) is 0 Å². The average Bonchev–Trinajstić information content (AvgIpc) is 2.35. The molecule has 0 bridgehead atoms. The Bertz CT molecular complexity index is 535. The van der Waals surface area contributed by atoms with E-state index in [4.69, 9.17) is 0 Å². The molecule has 0 unspecified atom stereocenters. The monoisotopic (exact) mass is 259 g/mol. The van der Waals surface area contributed by atoms with Crippen molar-refractivity contribution in [3.8, 4) is 0 Å². The summed E-state index contributed by atoms with van der Waals surface area (Å²) in [5, 5.41) is 6.40. The second-order valence-electron chi connectivity index (χ2n) is 4.50. The number of rotatable bonds is 5. The highest BCUT2D eigenvalue weighted by atomic mass is 19.1. The van der Waals surface area contributed by atoms with Crippen LogP contribution in [0.15, 0.2) is 36.5 Å². The normalized spacial score (nSPS) is 10.3. The third kappa shape index (κ3) is 3.95. The Morgan fingerprint density at radius 1 is 1.16 bits per heavy atom. The van der Waals surface area contributed by atoms with Crippen molar-refractivity contribution in [3.63, 3.8) is 0 Å². The number of hydrogen-bond acceptors (Lipinski definition) is 3. The number of hydrogen-bond donors (Lipinski definition) is 2. The molecule has 3 nitrogen and oxygen atoms in total. The van der Waals surface area contributed by atoms with E-state index < -0.39 is 0 Å². The number of nitrogens with one attached hydrogen (secondary N) is 2. The van der Waals surface area contributed by atoms with Crippen LogP contribution >= 0.6 is 0 Å². The van der Waals surface area contributed by atoms with Gasteiger partial charge in [0.2, 0.25) is 0 Å². The van der Waals surface area contributed by atoms with Crippen molar-refractivity contribution in [1.29, 1.82) is 0 Å². The number of pyridine rings is 1. The summed E-state index contributed by atoms with van der Waals surface area (Å²) < 4.78 is 13.3. The molecule has 0 aliphatic carbocycles. The van der Waals surface area contributed by atoms with E-state index in [0.717, 1.165) is 35.7 Å². The van der Waals surface area contributed by atoms with Crippen LogP contribution in [0, 0.1) is 12.7 Å². The minimum atomic E-state index is -0.235. The van der Waals surface area contributed by atoms with E-state index in [1.165, 1.54) is 12.1 Å². The van der Waals surface area contributed by atoms with E-state index in [9.17, 15) is 4.39 Å². The Morgan fingerprint density at radius 3 is 2.74 bits per heavy atom. The van der Waals surface area contributed by atoms with Crippen LogP contribution in [-0.2, 0) is 0 Å². The summed E-state index contributed by atoms with van der Waals surface area (Å²) in [6, 6.07) is 8.66. The molecule has 4 heteroatoms. The molecule has 2 rings (SSSR count). The van der Waals surface area contributed by atoms with Gasteiger partial charge in [0.05, 0.1) is 0 Å². The smallest absolute Gasteiger partial charge is 0.127 e. The molecule has 0 atom stereocenters. The second-order valence-corrected chi connectivity index (χ2v) is 4.50. The highest BCUT2D eigenvalue weighted by Gasteiger charge is 2.00. The highest BCUT2D eigenvalue weighted by molar-refractivity contribution is 5.63. The maximum atomic E-state index is 13.3. The zero-order chi connectivity index (χ0) is 13.7. The summed E-state index contributed by atoms with van der Waals surface area (Å²) in [5.74, 6) is 0.584. The van der Waals surface area contributed by atoms with Crippen LogP contribution in [-0.4, -0.2) is 11.5 Å². The number of nitrogens with zero attached hydrogens (tertiary/aromatic N) is 1. The molecule has 2 N–H and O–H groups in total. The first-order valence-corrected chi connectivity index (χ1v) is 6.41. The minimum Gasteiger partial charge on any atom is -0.370 e. The van der Waals surface area contributed by atoms with Gasteiger partial charge in [-0.25, -0.2) is 9.37 Å². The Hall–Kier alpha value is -2.10. The van der Waals surface area contributed by atoms with E-state index in [1.54, 1.807) is 6.20 Å². The van der Waals surface area contributed by atoms with Crippen LogP contribution < -0.4 is 10.6 Å². The van der Waals surface area contributed by atoms with Gasteiger partial charge in [0.25, 0.3) is 0 Å². The van der Waals surface area contributed by atoms with Crippen LogP contribution in [0.1, 0.15) is 18.9 Å². The van der Waals surface area contributed by atoms with Gasteiger partial charge >= 0.3 is 0 Å². The lowest BCUT2D eigenvalue weighted by Crippen LogP contribution is -2.02. The third-order valence-corrected chi connectivity index (χ3v) is 2.65. The SMILES string of the molecule is CCCNc1cc(Nc2cc(C)cc(F)c2)ccn1. The first kappa shape index (κ1) is 13.3. The molecule has 1 aromatic carbocycles. The van der Waals surface area contributed by atoms with Gasteiger partial charge in [-0.15, -0.1) is 0 Å². The zero-order valence-electron chi connectivity index (χ0n) is 11.2. The van der Waals surface area contributed by atoms with Crippen molar-refractivity contribution in [2.24, 2.45) is 0 Å². The maximum Gasteiger partial charge on any atom is 0.127 e. The minimum absolute atomic E-state index is 0.235. The fourth-order valence-electron chi connectivity index (χ4n) is 1.83. The summed E-state index contributed by atoms with van der Waals surface area (Å²) in [6.07, 6.45) is 2.77. The summed E-state index contributed by atoms with van der Waals surface area (Å²) in [7, 11) is 0. The van der Waals surface area contributed by atoms with Crippen molar-refractivity contribution in [2.45, 2.75) is 20.3 Å². The van der Waals surface area contributed by atoms with Gasteiger partial charge in [0.1, 0.15) is 11.6 Å². The van der Waals surface area contributed by atoms with Crippen molar-refractivity contribution < 1.29 is 4.39 Å². The lowest BCUT2D eigenvalue weighted by Gasteiger charge is -2.09. The molecule has 0 saturated heterocycles. The molecule has 0 aliphatic rings. The molecule has 1 aromatic heterocycles. The summed E-state index contributed by atoms with van der Waals surface area (Å²) >= 11 is 0. The highest BCUT2D eigenvalue weighted by Crippen LogP contribution is 2.20. The van der Waals surface area contributed by atoms with Crippen LogP contribution in [0.2, 0.25) is 0 Å². The van der Waals surface area contributed by atoms with E-state index in [-0.39, 0.29) is 5.82 Å². The number of aryl methyl sites for hydroxylation is 1. The van der Waals surface area contributed by atoms with Crippen molar-refractivity contribution in [2.75, 3.05) is 17.2 Å². The number of halogens is 1. The predicted molar refractivity (Wildman–Crippen MR) is 77.4 cm³/mol. The predicted octanol–water partition coefficient (Wildman–Crippen LogP) is 4.09. The van der Waals surface area contributed by atoms with Crippen LogP contribution in [0.4, 0.5) is 21.6 Å². The van der Waals surface area contributed by atoms with E-state index in [1.807, 2.05) is 25.1 Å². The standard InChI is InChI=1S/C15H18FN3/c1-3-5-17-15-10-13(4-6-18-15)19-14-8-11(2)7-12(16)9-14/h4,6-10H,3,5H2,1-2H3,(H2,17,18,19). The fourth-order valence-corrected chi connectivity index (χ4v) is 1.83. The van der Waals surface area contributed by atoms with Gasteiger partial charge in [0, 0.05) is 30.2 Å². The molecule has 2 aromatic rings. The van der Waals surface area contributed by atoms with Crippen molar-refractivity contribution >= 4 is 17.2 Å². The summed E-state index contributed by atoms with van der Waals surface area (Å²) in [4.78, 5) is 4.23. The molecular weight excluding hydrogens is 241 g/mol. The van der Waals surface area contributed by atoms with E-state index in [2.05, 4.69) is 22.5 Å². The number of benzene rings is 1. The molecule has 19 heavy (non-hydrogen) atoms. The van der Waals surface area contributed by atoms with Crippen molar-refractivity contribution in [3.05, 3.63) is 47.9 Å². The Labute approximate surface area is 112 Å². The molecule has 0 radical (unpaired) electrons. The van der Waals surface area contributed by atoms with Crippen LogP contribution in [0.3, 0.4) is 0 Å². The van der Waals surface area contributed by atoms with Gasteiger partial charge in [0.15, 0.2) is 0 Å². The third-order valence-electron chi connectivity index (χ3n) is 2.65. The summed E-state index contributed by atoms with van der Waals surface area (Å²) in [5.41, 5.74) is 2.52. The average molecular weight is 259 g/mol. The number of aromatic nitrogens is 1. The topological polar surface area (TPSA) is 37.0 Å². The summed E-state index contributed by atoms with van der Waals surface area (Å²) in [6.45, 7) is 4.86. The van der Waals surface area contributed by atoms with Gasteiger partial charge in [-0.3, -0.25) is 0 Å². The van der Waals surface area contributed by atoms with Crippen LogP contribution in [0.25, 0.3) is 0 Å². The first-order chi connectivity index (χ1) is 9.17. The molecule has 0 amide bonds. The molecular formula is C15H18FN3. The fraction of sp³-hybridized carbons (Fsp3) is 0.267. The van der Waals surface area contributed by atoms with Gasteiger partial charge in [-0.1, -0.05) is 6.92 Å². The molecule has 1 heterocycles. The van der Waals surface area contributed by atoms with Gasteiger partial charge in [-0.05, 0) is 43.2 Å². The zero-order valence-corrected chi connectivity index (χ0v) is 11.2. The van der Waals surface area contributed by atoms with E-state index >= 15 is 0 Å². The quantitative estimate of drug-likeness (QED) is 0.849. The van der Waals surface area contributed by atoms with Gasteiger partial charge in [-0.2, -0.15) is 0 Å². The Balaban J connectivity index is 2.13. The van der Waals surface area contributed by atoms with Crippen molar-refractivity contribution in [1.82, 2.24) is 4.98 Å². The van der Waals surface area contributed by atoms with Gasteiger partial charge < -0.3 is 10.6 Å². The first-order valence-electron chi connectivity index (χ1n) is 6.41. The van der Waals surface area contributed by atoms with Crippen LogP contribution in [0.5, 0.6) is 0 Å². The Kier molecular flexibility index (Phi) is 4.34. The molecule has 100 valence electrons. The Morgan fingerprint density at radius 2 is 2.00 bits per heavy atom. The molecule has 0 saturated carbocycles. The lowest BCUT2D eigenvalue weighted by atomic mass is 10.2. The number of anilines is 3. The molecule has 0 spiro atoms. The second kappa shape index (κ2) is 6.18. The molecule has 0 aliphatic heterocycles. The largest absolute Gasteiger partial charge is 0.370 e. The maximum absolute atomic E-state index is 13.3. The molecule has 0 fully saturated rings.